The number of ether oxygens (including phenoxy) is 1. The number of benzene rings is 2. The van der Waals surface area contributed by atoms with Gasteiger partial charge in [-0.2, -0.15) is 0 Å². The van der Waals surface area contributed by atoms with Crippen molar-refractivity contribution in [1.29, 1.82) is 0 Å². The number of carboxylic acid groups (broad SMARTS) is 1. The van der Waals surface area contributed by atoms with Crippen LogP contribution in [-0.4, -0.2) is 35.7 Å². The van der Waals surface area contributed by atoms with Crippen LogP contribution in [0.15, 0.2) is 42.5 Å². The fourth-order valence-electron chi connectivity index (χ4n) is 3.21. The maximum atomic E-state index is 12.7. The van der Waals surface area contributed by atoms with Crippen molar-refractivity contribution >= 4 is 23.6 Å². The first kappa shape index (κ1) is 18.8. The lowest BCUT2D eigenvalue weighted by Gasteiger charge is -2.16. The first-order valence-electron chi connectivity index (χ1n) is 9.46. The van der Waals surface area contributed by atoms with E-state index in [-0.39, 0.29) is 17.6 Å². The Hall–Kier alpha value is -3.55. The van der Waals surface area contributed by atoms with E-state index in [1.54, 1.807) is 36.4 Å². The van der Waals surface area contributed by atoms with Gasteiger partial charge < -0.3 is 25.8 Å². The number of anilines is 1. The van der Waals surface area contributed by atoms with Crippen molar-refractivity contribution in [3.63, 3.8) is 0 Å². The Kier molecular flexibility index (Phi) is 5.07. The zero-order valence-corrected chi connectivity index (χ0v) is 15.6. The predicted octanol–water partition coefficient (Wildman–Crippen LogP) is 2.46. The molecule has 2 aromatic rings. The fourth-order valence-corrected chi connectivity index (χ4v) is 3.21. The molecule has 0 bridgehead atoms. The second-order valence-electron chi connectivity index (χ2n) is 7.16. The summed E-state index contributed by atoms with van der Waals surface area (Å²) in [6.45, 7) is 0.566. The summed E-state index contributed by atoms with van der Waals surface area (Å²) >= 11 is 0. The lowest BCUT2D eigenvalue weighted by molar-refractivity contribution is -0.139. The van der Waals surface area contributed by atoms with Crippen molar-refractivity contribution in [2.24, 2.45) is 0 Å². The van der Waals surface area contributed by atoms with E-state index in [2.05, 4.69) is 16.0 Å². The Balaban J connectivity index is 1.47. The minimum atomic E-state index is -1.19. The van der Waals surface area contributed by atoms with Gasteiger partial charge in [0.2, 0.25) is 0 Å². The predicted molar refractivity (Wildman–Crippen MR) is 105 cm³/mol. The molecule has 1 fully saturated rings. The van der Waals surface area contributed by atoms with Gasteiger partial charge in [-0.05, 0) is 54.3 Å². The molecule has 1 saturated carbocycles. The third-order valence-electron chi connectivity index (χ3n) is 4.86. The van der Waals surface area contributed by atoms with Gasteiger partial charge in [-0.15, -0.1) is 0 Å². The van der Waals surface area contributed by atoms with E-state index in [9.17, 15) is 19.5 Å². The summed E-state index contributed by atoms with van der Waals surface area (Å²) in [5, 5.41) is 17.7. The molecule has 150 valence electrons. The van der Waals surface area contributed by atoms with E-state index in [4.69, 9.17) is 4.74 Å². The third-order valence-corrected chi connectivity index (χ3v) is 4.86. The van der Waals surface area contributed by atoms with Crippen LogP contribution >= 0.6 is 0 Å². The average Bonchev–Trinajstić information content (AvgIpc) is 3.38. The SMILES string of the molecule is O=C(Nc1cccc(C(=O)NC(C(=O)O)c2ccc3c(c2)CCO3)c1)NC1CC1. The smallest absolute Gasteiger partial charge is 0.330 e. The summed E-state index contributed by atoms with van der Waals surface area (Å²) in [6.07, 6.45) is 2.66. The molecule has 2 aliphatic rings. The van der Waals surface area contributed by atoms with E-state index in [0.29, 0.717) is 24.3 Å². The number of carbonyl (C=O) groups excluding carboxylic acids is 2. The minimum absolute atomic E-state index is 0.218. The van der Waals surface area contributed by atoms with Crippen molar-refractivity contribution in [1.82, 2.24) is 10.6 Å². The monoisotopic (exact) mass is 395 g/mol. The summed E-state index contributed by atoms with van der Waals surface area (Å²) < 4.78 is 5.44. The van der Waals surface area contributed by atoms with Crippen molar-refractivity contribution in [3.8, 4) is 5.75 Å². The highest BCUT2D eigenvalue weighted by Crippen LogP contribution is 2.28. The summed E-state index contributed by atoms with van der Waals surface area (Å²) in [6, 6.07) is 10.2. The maximum absolute atomic E-state index is 12.7. The van der Waals surface area contributed by atoms with Crippen molar-refractivity contribution < 1.29 is 24.2 Å². The first-order valence-corrected chi connectivity index (χ1v) is 9.46. The molecular weight excluding hydrogens is 374 g/mol. The van der Waals surface area contributed by atoms with E-state index in [0.717, 1.165) is 24.2 Å². The fraction of sp³-hybridized carbons (Fsp3) is 0.286. The van der Waals surface area contributed by atoms with Crippen molar-refractivity contribution in [2.75, 3.05) is 11.9 Å². The quantitative estimate of drug-likeness (QED) is 0.599. The molecule has 4 N–H and O–H groups in total. The third kappa shape index (κ3) is 4.48. The summed E-state index contributed by atoms with van der Waals surface area (Å²) in [5.41, 5.74) is 2.12. The van der Waals surface area contributed by atoms with Gasteiger partial charge in [0.15, 0.2) is 6.04 Å². The molecule has 8 heteroatoms. The lowest BCUT2D eigenvalue weighted by Crippen LogP contribution is -2.34. The van der Waals surface area contributed by atoms with Crippen LogP contribution in [0.4, 0.5) is 10.5 Å². The minimum Gasteiger partial charge on any atom is -0.493 e. The Morgan fingerprint density at radius 3 is 2.69 bits per heavy atom. The van der Waals surface area contributed by atoms with Crippen LogP contribution in [0.3, 0.4) is 0 Å². The number of hydrogen-bond acceptors (Lipinski definition) is 4. The van der Waals surface area contributed by atoms with Gasteiger partial charge in [0.05, 0.1) is 6.61 Å². The number of nitrogens with one attached hydrogen (secondary N) is 3. The van der Waals surface area contributed by atoms with Gasteiger partial charge in [0.1, 0.15) is 5.75 Å². The number of urea groups is 1. The summed E-state index contributed by atoms with van der Waals surface area (Å²) in [7, 11) is 0. The number of aliphatic carboxylic acids is 1. The Morgan fingerprint density at radius 2 is 1.93 bits per heavy atom. The molecule has 1 aliphatic carbocycles. The largest absolute Gasteiger partial charge is 0.493 e. The summed E-state index contributed by atoms with van der Waals surface area (Å²) in [5.74, 6) is -0.955. The van der Waals surface area contributed by atoms with Crippen molar-refractivity contribution in [3.05, 3.63) is 59.2 Å². The Morgan fingerprint density at radius 1 is 1.10 bits per heavy atom. The van der Waals surface area contributed by atoms with Crippen LogP contribution in [0, 0.1) is 0 Å². The van der Waals surface area contributed by atoms with Gasteiger partial charge in [-0.3, -0.25) is 4.79 Å². The number of amides is 3. The van der Waals surface area contributed by atoms with Crippen LogP contribution in [-0.2, 0) is 11.2 Å². The molecule has 0 spiro atoms. The molecule has 1 aliphatic heterocycles. The van der Waals surface area contributed by atoms with E-state index < -0.39 is 17.9 Å². The normalized spacial score (nSPS) is 15.6. The first-order chi connectivity index (χ1) is 14.0. The van der Waals surface area contributed by atoms with Crippen LogP contribution in [0.5, 0.6) is 5.75 Å². The number of hydrogen-bond donors (Lipinski definition) is 4. The van der Waals surface area contributed by atoms with Gasteiger partial charge in [0.25, 0.3) is 5.91 Å². The molecule has 3 amide bonds. The molecule has 1 atom stereocenters. The average molecular weight is 395 g/mol. The molecule has 4 rings (SSSR count). The number of carbonyl (C=O) groups is 3. The highest BCUT2D eigenvalue weighted by Gasteiger charge is 2.25. The van der Waals surface area contributed by atoms with Gasteiger partial charge in [-0.25, -0.2) is 9.59 Å². The van der Waals surface area contributed by atoms with E-state index in [1.165, 1.54) is 6.07 Å². The van der Waals surface area contributed by atoms with Crippen molar-refractivity contribution in [2.45, 2.75) is 31.3 Å². The molecule has 0 saturated heterocycles. The molecule has 0 aromatic heterocycles. The zero-order valence-electron chi connectivity index (χ0n) is 15.6. The zero-order chi connectivity index (χ0) is 20.4. The van der Waals surface area contributed by atoms with E-state index >= 15 is 0 Å². The topological polar surface area (TPSA) is 117 Å². The van der Waals surface area contributed by atoms with Gasteiger partial charge >= 0.3 is 12.0 Å². The molecular formula is C21H21N3O5. The maximum Gasteiger partial charge on any atom is 0.330 e. The Labute approximate surface area is 167 Å². The number of carboxylic acids is 1. The van der Waals surface area contributed by atoms with Gasteiger partial charge in [0, 0.05) is 23.7 Å². The highest BCUT2D eigenvalue weighted by molar-refractivity contribution is 5.98. The second kappa shape index (κ2) is 7.83. The molecule has 2 aromatic carbocycles. The lowest BCUT2D eigenvalue weighted by atomic mass is 10.0. The highest BCUT2D eigenvalue weighted by atomic mass is 16.5. The molecule has 29 heavy (non-hydrogen) atoms. The van der Waals surface area contributed by atoms with Crippen LogP contribution < -0.4 is 20.7 Å². The van der Waals surface area contributed by atoms with Crippen LogP contribution in [0.2, 0.25) is 0 Å². The number of fused-ring (bicyclic) bond motifs is 1. The Bertz CT molecular complexity index is 971. The molecule has 1 unspecified atom stereocenters. The standard InChI is InChI=1S/C21H21N3O5/c25-19(14-2-1-3-16(11-14)23-21(28)22-15-5-6-15)24-18(20(26)27)13-4-7-17-12(10-13)8-9-29-17/h1-4,7,10-11,15,18H,5-6,8-9H2,(H,24,25)(H,26,27)(H2,22,23,28). The second-order valence-corrected chi connectivity index (χ2v) is 7.16. The van der Waals surface area contributed by atoms with Crippen LogP contribution in [0.1, 0.15) is 40.4 Å². The molecule has 0 radical (unpaired) electrons. The van der Waals surface area contributed by atoms with E-state index in [1.807, 2.05) is 0 Å². The van der Waals surface area contributed by atoms with Crippen LogP contribution in [0.25, 0.3) is 0 Å². The number of rotatable bonds is 6. The molecule has 1 heterocycles. The summed E-state index contributed by atoms with van der Waals surface area (Å²) in [4.78, 5) is 36.3. The van der Waals surface area contributed by atoms with Gasteiger partial charge in [-0.1, -0.05) is 12.1 Å². The molecule has 8 nitrogen and oxygen atoms in total.